The molecule has 0 bridgehead atoms. The minimum Gasteiger partial charge on any atom is -0.343 e. The van der Waals surface area contributed by atoms with E-state index in [4.69, 9.17) is 0 Å². The number of nitrogens with zero attached hydrogens (tertiary/aromatic N) is 4. The largest absolute Gasteiger partial charge is 0.343 e. The quantitative estimate of drug-likeness (QED) is 0.733. The topological polar surface area (TPSA) is 58.4 Å². The van der Waals surface area contributed by atoms with Gasteiger partial charge >= 0.3 is 0 Å². The molecule has 162 valence electrons. The summed E-state index contributed by atoms with van der Waals surface area (Å²) in [7, 11) is 0. The lowest BCUT2D eigenvalue weighted by molar-refractivity contribution is -0.141. The zero-order valence-corrected chi connectivity index (χ0v) is 18.7. The molecule has 2 fully saturated rings. The molecule has 3 heterocycles. The van der Waals surface area contributed by atoms with Crippen molar-refractivity contribution in [3.05, 3.63) is 17.0 Å². The molecular weight excluding hydrogens is 364 g/mol. The third kappa shape index (κ3) is 5.40. The Hall–Kier alpha value is -1.85. The molecule has 6 heteroatoms. The van der Waals surface area contributed by atoms with Gasteiger partial charge in [0.15, 0.2) is 0 Å². The normalized spacial score (nSPS) is 18.5. The molecule has 3 rings (SSSR count). The van der Waals surface area contributed by atoms with E-state index in [1.54, 1.807) is 0 Å². The summed E-state index contributed by atoms with van der Waals surface area (Å²) in [5.41, 5.74) is 3.45. The summed E-state index contributed by atoms with van der Waals surface area (Å²) in [6.45, 7) is 12.7. The van der Waals surface area contributed by atoms with Gasteiger partial charge in [0.25, 0.3) is 0 Å². The van der Waals surface area contributed by atoms with Gasteiger partial charge in [0.1, 0.15) is 0 Å². The second kappa shape index (κ2) is 9.77. The molecule has 0 atom stereocenters. The van der Waals surface area contributed by atoms with E-state index in [2.05, 4.69) is 30.6 Å². The van der Waals surface area contributed by atoms with Crippen LogP contribution < -0.4 is 0 Å². The number of rotatable bonds is 6. The SMILES string of the molecule is Cc1nn(CC(C)C)c(C)c1CCC(=O)N1CCC(C(=O)N2CCCCC2)CC1. The van der Waals surface area contributed by atoms with Gasteiger partial charge in [-0.3, -0.25) is 14.3 Å². The van der Waals surface area contributed by atoms with Gasteiger partial charge in [-0.15, -0.1) is 0 Å². The van der Waals surface area contributed by atoms with Crippen LogP contribution in [0, 0.1) is 25.7 Å². The summed E-state index contributed by atoms with van der Waals surface area (Å²) in [4.78, 5) is 29.5. The van der Waals surface area contributed by atoms with Gasteiger partial charge in [-0.2, -0.15) is 5.10 Å². The fourth-order valence-electron chi connectivity index (χ4n) is 4.76. The Balaban J connectivity index is 1.48. The van der Waals surface area contributed by atoms with Crippen molar-refractivity contribution in [2.24, 2.45) is 11.8 Å². The predicted octanol–water partition coefficient (Wildman–Crippen LogP) is 3.34. The molecule has 1 aromatic heterocycles. The monoisotopic (exact) mass is 402 g/mol. The van der Waals surface area contributed by atoms with E-state index >= 15 is 0 Å². The number of aromatic nitrogens is 2. The van der Waals surface area contributed by atoms with Crippen molar-refractivity contribution in [1.29, 1.82) is 0 Å². The van der Waals surface area contributed by atoms with Crippen LogP contribution in [0.3, 0.4) is 0 Å². The zero-order valence-electron chi connectivity index (χ0n) is 18.7. The molecule has 0 aromatic carbocycles. The summed E-state index contributed by atoms with van der Waals surface area (Å²) >= 11 is 0. The van der Waals surface area contributed by atoms with E-state index in [9.17, 15) is 9.59 Å². The number of likely N-dealkylation sites (tertiary alicyclic amines) is 2. The van der Waals surface area contributed by atoms with Gasteiger partial charge in [-0.1, -0.05) is 13.8 Å². The molecule has 2 saturated heterocycles. The minimum atomic E-state index is 0.107. The van der Waals surface area contributed by atoms with Crippen molar-refractivity contribution in [2.45, 2.75) is 79.2 Å². The van der Waals surface area contributed by atoms with Crippen LogP contribution in [0.1, 0.15) is 69.3 Å². The Morgan fingerprint density at radius 2 is 1.66 bits per heavy atom. The van der Waals surface area contributed by atoms with Crippen molar-refractivity contribution in [2.75, 3.05) is 26.2 Å². The third-order valence-corrected chi connectivity index (χ3v) is 6.52. The standard InChI is InChI=1S/C23H38N4O2/c1-17(2)16-27-19(4)21(18(3)24-27)8-9-22(28)25-14-10-20(11-15-25)23(29)26-12-6-5-7-13-26/h17,20H,5-16H2,1-4H3. The van der Waals surface area contributed by atoms with E-state index in [1.807, 2.05) is 16.7 Å². The van der Waals surface area contributed by atoms with E-state index in [0.717, 1.165) is 57.4 Å². The number of carbonyl (C=O) groups is 2. The molecule has 0 unspecified atom stereocenters. The van der Waals surface area contributed by atoms with Crippen LogP contribution in [-0.4, -0.2) is 57.6 Å². The van der Waals surface area contributed by atoms with Crippen molar-refractivity contribution in [1.82, 2.24) is 19.6 Å². The maximum Gasteiger partial charge on any atom is 0.225 e. The van der Waals surface area contributed by atoms with Crippen molar-refractivity contribution < 1.29 is 9.59 Å². The highest BCUT2D eigenvalue weighted by Gasteiger charge is 2.30. The first-order chi connectivity index (χ1) is 13.9. The number of hydrogen-bond acceptors (Lipinski definition) is 3. The first-order valence-corrected chi connectivity index (χ1v) is 11.5. The highest BCUT2D eigenvalue weighted by atomic mass is 16.2. The van der Waals surface area contributed by atoms with Gasteiger partial charge in [-0.05, 0) is 63.9 Å². The van der Waals surface area contributed by atoms with Crippen LogP contribution in [0.4, 0.5) is 0 Å². The second-order valence-electron chi connectivity index (χ2n) is 9.27. The van der Waals surface area contributed by atoms with Crippen molar-refractivity contribution in [3.8, 4) is 0 Å². The molecule has 0 aliphatic carbocycles. The van der Waals surface area contributed by atoms with Crippen LogP contribution in [0.2, 0.25) is 0 Å². The van der Waals surface area contributed by atoms with Gasteiger partial charge in [0.2, 0.25) is 11.8 Å². The van der Waals surface area contributed by atoms with Crippen molar-refractivity contribution >= 4 is 11.8 Å². The van der Waals surface area contributed by atoms with Gasteiger partial charge in [0, 0.05) is 50.8 Å². The molecule has 0 spiro atoms. The molecule has 2 aliphatic heterocycles. The number of aryl methyl sites for hydroxylation is 1. The third-order valence-electron chi connectivity index (χ3n) is 6.52. The second-order valence-corrected chi connectivity index (χ2v) is 9.27. The summed E-state index contributed by atoms with van der Waals surface area (Å²) in [6, 6.07) is 0. The molecular formula is C23H38N4O2. The highest BCUT2D eigenvalue weighted by molar-refractivity contribution is 5.80. The average molecular weight is 403 g/mol. The van der Waals surface area contributed by atoms with Gasteiger partial charge < -0.3 is 9.80 Å². The Labute approximate surface area is 175 Å². The summed E-state index contributed by atoms with van der Waals surface area (Å²) in [6.07, 6.45) is 6.41. The molecule has 0 saturated carbocycles. The lowest BCUT2D eigenvalue weighted by Crippen LogP contribution is -2.45. The molecule has 2 amide bonds. The summed E-state index contributed by atoms with van der Waals surface area (Å²) in [5.74, 6) is 1.19. The number of piperidine rings is 2. The fourth-order valence-corrected chi connectivity index (χ4v) is 4.76. The van der Waals surface area contributed by atoms with Crippen LogP contribution >= 0.6 is 0 Å². The first-order valence-electron chi connectivity index (χ1n) is 11.5. The van der Waals surface area contributed by atoms with Gasteiger partial charge in [0.05, 0.1) is 5.69 Å². The Morgan fingerprint density at radius 3 is 2.28 bits per heavy atom. The summed E-state index contributed by atoms with van der Waals surface area (Å²) < 4.78 is 2.08. The maximum atomic E-state index is 12.8. The zero-order chi connectivity index (χ0) is 21.0. The Bertz CT molecular complexity index is 711. The molecule has 29 heavy (non-hydrogen) atoms. The smallest absolute Gasteiger partial charge is 0.225 e. The molecule has 0 radical (unpaired) electrons. The van der Waals surface area contributed by atoms with Crippen LogP contribution in [0.25, 0.3) is 0 Å². The first kappa shape index (κ1) is 21.8. The molecule has 0 N–H and O–H groups in total. The van der Waals surface area contributed by atoms with E-state index in [-0.39, 0.29) is 11.8 Å². The molecule has 1 aromatic rings. The van der Waals surface area contributed by atoms with Gasteiger partial charge in [-0.25, -0.2) is 0 Å². The van der Waals surface area contributed by atoms with E-state index < -0.39 is 0 Å². The Kier molecular flexibility index (Phi) is 7.36. The minimum absolute atomic E-state index is 0.107. The molecule has 2 aliphatic rings. The Morgan fingerprint density at radius 1 is 1.00 bits per heavy atom. The summed E-state index contributed by atoms with van der Waals surface area (Å²) in [5, 5.41) is 4.66. The molecule has 6 nitrogen and oxygen atoms in total. The van der Waals surface area contributed by atoms with Crippen LogP contribution in [-0.2, 0) is 22.6 Å². The van der Waals surface area contributed by atoms with E-state index in [1.165, 1.54) is 17.7 Å². The lowest BCUT2D eigenvalue weighted by atomic mass is 9.94. The number of amides is 2. The van der Waals surface area contributed by atoms with Crippen molar-refractivity contribution in [3.63, 3.8) is 0 Å². The van der Waals surface area contributed by atoms with Crippen LogP contribution in [0.15, 0.2) is 0 Å². The fraction of sp³-hybridized carbons (Fsp3) is 0.783. The number of carbonyl (C=O) groups excluding carboxylic acids is 2. The van der Waals surface area contributed by atoms with E-state index in [0.29, 0.717) is 31.3 Å². The highest BCUT2D eigenvalue weighted by Crippen LogP contribution is 2.23. The maximum absolute atomic E-state index is 12.8. The van der Waals surface area contributed by atoms with Crippen LogP contribution in [0.5, 0.6) is 0 Å². The average Bonchev–Trinajstić information content (AvgIpc) is 2.98. The predicted molar refractivity (Wildman–Crippen MR) is 115 cm³/mol. The lowest BCUT2D eigenvalue weighted by Gasteiger charge is -2.35. The number of hydrogen-bond donors (Lipinski definition) is 0.